The summed E-state index contributed by atoms with van der Waals surface area (Å²) in [4.78, 5) is 10.2. The van der Waals surface area contributed by atoms with Crippen LogP contribution in [0.2, 0.25) is 4.44 Å². The van der Waals surface area contributed by atoms with Gasteiger partial charge in [0, 0.05) is 5.25 Å². The van der Waals surface area contributed by atoms with E-state index in [1.165, 1.54) is 30.1 Å². The van der Waals surface area contributed by atoms with Crippen LogP contribution in [-0.4, -0.2) is 33.7 Å². The van der Waals surface area contributed by atoms with Crippen molar-refractivity contribution in [1.29, 1.82) is 0 Å². The van der Waals surface area contributed by atoms with Gasteiger partial charge < -0.3 is 9.90 Å². The molecule has 0 aromatic carbocycles. The number of hydrogen-bond acceptors (Lipinski definition) is 3. The van der Waals surface area contributed by atoms with E-state index in [0.29, 0.717) is 6.42 Å². The monoisotopic (exact) mass is 352 g/mol. The van der Waals surface area contributed by atoms with Crippen molar-refractivity contribution in [3.8, 4) is 0 Å². The normalized spacial score (nSPS) is 11.4. The van der Waals surface area contributed by atoms with Crippen LogP contribution >= 0.6 is 12.6 Å². The van der Waals surface area contributed by atoms with Crippen LogP contribution in [0, 0.1) is 0 Å². The molecule has 0 amide bonds. The molecule has 0 aliphatic heterocycles. The number of aliphatic carboxylic acids is 1. The molecule has 4 heteroatoms. The standard InChI is InChI=1S/C8H16O2S.C4H9.Sn/c1-2-3-4-5-6-7(11)8(9)10;1-3-4-2;/h7,11H,2-6H2,1H3,(H,9,10);1,3-4H2,2H3;/q;;+1/p-1. The first-order chi connectivity index (χ1) is 7.59. The molecule has 0 fully saturated rings. The summed E-state index contributed by atoms with van der Waals surface area (Å²) in [7, 11) is 0. The van der Waals surface area contributed by atoms with Crippen LogP contribution < -0.4 is 5.11 Å². The number of carboxylic acid groups (broad SMARTS) is 1. The van der Waals surface area contributed by atoms with Crippen molar-refractivity contribution in [3.63, 3.8) is 0 Å². The molecule has 0 aromatic heterocycles. The molecule has 2 radical (unpaired) electrons. The Hall–Kier alpha value is 0.619. The van der Waals surface area contributed by atoms with Gasteiger partial charge in [0.1, 0.15) is 0 Å². The zero-order valence-electron chi connectivity index (χ0n) is 10.5. The van der Waals surface area contributed by atoms with Gasteiger partial charge in [0.05, 0.1) is 5.97 Å². The van der Waals surface area contributed by atoms with E-state index in [4.69, 9.17) is 0 Å². The van der Waals surface area contributed by atoms with Gasteiger partial charge in [-0.1, -0.05) is 32.6 Å². The van der Waals surface area contributed by atoms with E-state index in [9.17, 15) is 9.90 Å². The minimum absolute atomic E-state index is 0.577. The average Bonchev–Trinajstić information content (AvgIpc) is 2.26. The Morgan fingerprint density at radius 1 is 1.19 bits per heavy atom. The first kappa shape index (κ1) is 19.0. The van der Waals surface area contributed by atoms with Gasteiger partial charge in [-0.3, -0.25) is 0 Å². The fourth-order valence-corrected chi connectivity index (χ4v) is 2.25. The second-order valence-electron chi connectivity index (χ2n) is 3.79. The number of carboxylic acids is 1. The molecule has 94 valence electrons. The van der Waals surface area contributed by atoms with Gasteiger partial charge in [0.15, 0.2) is 0 Å². The maximum atomic E-state index is 10.2. The predicted molar refractivity (Wildman–Crippen MR) is 72.0 cm³/mol. The summed E-state index contributed by atoms with van der Waals surface area (Å²) < 4.78 is 1.43. The average molecular weight is 351 g/mol. The first-order valence-corrected chi connectivity index (χ1v) is 8.67. The number of unbranched alkanes of at least 4 members (excludes halogenated alkanes) is 4. The molecule has 0 aromatic rings. The van der Waals surface area contributed by atoms with Crippen LogP contribution in [0.5, 0.6) is 0 Å². The molecule has 1 unspecified atom stereocenters. The molecule has 1 atom stereocenters. The van der Waals surface area contributed by atoms with Gasteiger partial charge in [0.25, 0.3) is 0 Å². The van der Waals surface area contributed by atoms with Gasteiger partial charge in [-0.05, 0) is 6.42 Å². The van der Waals surface area contributed by atoms with Crippen LogP contribution in [0.15, 0.2) is 0 Å². The number of carbonyl (C=O) groups excluding carboxylic acids is 1. The van der Waals surface area contributed by atoms with Crippen molar-refractivity contribution in [2.24, 2.45) is 0 Å². The Morgan fingerprint density at radius 2 is 1.75 bits per heavy atom. The van der Waals surface area contributed by atoms with E-state index in [2.05, 4.69) is 26.5 Å². The van der Waals surface area contributed by atoms with Crippen LogP contribution in [0.4, 0.5) is 0 Å². The number of carbonyl (C=O) groups is 1. The summed E-state index contributed by atoms with van der Waals surface area (Å²) >= 11 is 5.55. The molecule has 0 aliphatic carbocycles. The van der Waals surface area contributed by atoms with Gasteiger partial charge in [0.2, 0.25) is 0 Å². The Labute approximate surface area is 119 Å². The summed E-state index contributed by atoms with van der Waals surface area (Å²) in [6.45, 7) is 4.35. The van der Waals surface area contributed by atoms with Crippen molar-refractivity contribution in [1.82, 2.24) is 0 Å². The molecule has 0 spiro atoms. The van der Waals surface area contributed by atoms with Crippen LogP contribution in [0.3, 0.4) is 0 Å². The molecular weight excluding hydrogens is 327 g/mol. The van der Waals surface area contributed by atoms with E-state index in [-0.39, 0.29) is 0 Å². The summed E-state index contributed by atoms with van der Waals surface area (Å²) in [5, 5.41) is 9.60. The Balaban J connectivity index is 0. The third kappa shape index (κ3) is 17.0. The van der Waals surface area contributed by atoms with Gasteiger partial charge in [-0.2, -0.15) is 12.6 Å². The Morgan fingerprint density at radius 3 is 2.06 bits per heavy atom. The van der Waals surface area contributed by atoms with E-state index in [0.717, 1.165) is 12.8 Å². The molecule has 0 bridgehead atoms. The minimum atomic E-state index is -1.05. The molecule has 0 saturated heterocycles. The molecular formula is C12H24O2SSn. The van der Waals surface area contributed by atoms with Crippen molar-refractivity contribution in [3.05, 3.63) is 0 Å². The first-order valence-electron chi connectivity index (χ1n) is 6.13. The zero-order chi connectivity index (χ0) is 12.8. The Kier molecular flexibility index (Phi) is 18.5. The second kappa shape index (κ2) is 15.6. The van der Waals surface area contributed by atoms with E-state index < -0.39 is 11.2 Å². The van der Waals surface area contributed by atoms with E-state index in [1.807, 2.05) is 0 Å². The third-order valence-electron chi connectivity index (χ3n) is 2.13. The number of hydrogen-bond donors (Lipinski definition) is 1. The number of rotatable bonds is 8. The molecule has 16 heavy (non-hydrogen) atoms. The van der Waals surface area contributed by atoms with E-state index in [1.54, 1.807) is 22.5 Å². The maximum absolute atomic E-state index is 10.2. The SMILES string of the molecule is CCCCCCC(S)C(=O)[O-].CCC[CH2][Sn+]. The molecule has 0 saturated carbocycles. The van der Waals surface area contributed by atoms with Crippen molar-refractivity contribution >= 4 is 41.1 Å². The fraction of sp³-hybridized carbons (Fsp3) is 0.917. The molecule has 0 aliphatic rings. The quantitative estimate of drug-likeness (QED) is 0.414. The molecule has 0 N–H and O–H groups in total. The Bertz CT molecular complexity index is 152. The van der Waals surface area contributed by atoms with Crippen LogP contribution in [0.25, 0.3) is 0 Å². The van der Waals surface area contributed by atoms with Crippen molar-refractivity contribution in [2.45, 2.75) is 68.5 Å². The summed E-state index contributed by atoms with van der Waals surface area (Å²) in [5.74, 6) is -1.05. The fourth-order valence-electron chi connectivity index (χ4n) is 1.06. The predicted octanol–water partition coefficient (Wildman–Crippen LogP) is 2.38. The number of thiol groups is 1. The zero-order valence-corrected chi connectivity index (χ0v) is 14.2. The van der Waals surface area contributed by atoms with Crippen LogP contribution in [0.1, 0.15) is 58.8 Å². The van der Waals surface area contributed by atoms with Crippen LogP contribution in [-0.2, 0) is 4.79 Å². The summed E-state index contributed by atoms with van der Waals surface area (Å²) in [6, 6.07) is 0. The van der Waals surface area contributed by atoms with Crippen molar-refractivity contribution < 1.29 is 9.90 Å². The molecule has 2 nitrogen and oxygen atoms in total. The van der Waals surface area contributed by atoms with Gasteiger partial charge >= 0.3 is 46.7 Å². The summed E-state index contributed by atoms with van der Waals surface area (Å²) in [6.07, 6.45) is 7.81. The topological polar surface area (TPSA) is 40.1 Å². The van der Waals surface area contributed by atoms with E-state index >= 15 is 0 Å². The summed E-state index contributed by atoms with van der Waals surface area (Å²) in [5.41, 5.74) is 0. The van der Waals surface area contributed by atoms with Crippen molar-refractivity contribution in [2.75, 3.05) is 0 Å². The van der Waals surface area contributed by atoms with Gasteiger partial charge in [-0.25, -0.2) is 0 Å². The third-order valence-corrected chi connectivity index (χ3v) is 3.61. The second-order valence-corrected chi connectivity index (χ2v) is 5.84. The van der Waals surface area contributed by atoms with Gasteiger partial charge in [-0.15, -0.1) is 0 Å². The molecule has 0 heterocycles. The molecule has 0 rings (SSSR count).